The molecule has 0 bridgehead atoms. The van der Waals surface area contributed by atoms with Crippen molar-refractivity contribution in [1.82, 2.24) is 14.5 Å². The van der Waals surface area contributed by atoms with Crippen LogP contribution in [0.4, 0.5) is 13.2 Å². The fourth-order valence-electron chi connectivity index (χ4n) is 4.38. The molecule has 0 unspecified atom stereocenters. The summed E-state index contributed by atoms with van der Waals surface area (Å²) >= 11 is 0. The number of aromatic nitrogens is 3. The zero-order valence-corrected chi connectivity index (χ0v) is 17.1. The highest BCUT2D eigenvalue weighted by Gasteiger charge is 2.32. The van der Waals surface area contributed by atoms with Crippen molar-refractivity contribution in [1.29, 1.82) is 0 Å². The third-order valence-corrected chi connectivity index (χ3v) is 5.97. The number of alkyl halides is 3. The van der Waals surface area contributed by atoms with E-state index in [1.807, 2.05) is 24.3 Å². The van der Waals surface area contributed by atoms with Crippen molar-refractivity contribution in [3.63, 3.8) is 0 Å². The van der Waals surface area contributed by atoms with E-state index in [-0.39, 0.29) is 18.0 Å². The van der Waals surface area contributed by atoms with Crippen LogP contribution >= 0.6 is 0 Å². The molecule has 164 valence electrons. The van der Waals surface area contributed by atoms with Gasteiger partial charge in [-0.3, -0.25) is 14.3 Å². The Hall–Kier alpha value is -3.26. The summed E-state index contributed by atoms with van der Waals surface area (Å²) in [7, 11) is 0. The highest BCUT2D eigenvalue weighted by atomic mass is 19.4. The monoisotopic (exact) mass is 439 g/mol. The van der Waals surface area contributed by atoms with Crippen LogP contribution in [0.5, 0.6) is 0 Å². The Labute approximate surface area is 181 Å². The molecule has 1 aliphatic heterocycles. The van der Waals surface area contributed by atoms with Gasteiger partial charge in [0.2, 0.25) is 0 Å². The predicted molar refractivity (Wildman–Crippen MR) is 115 cm³/mol. The molecule has 1 fully saturated rings. The number of rotatable bonds is 3. The smallest absolute Gasteiger partial charge is 0.381 e. The van der Waals surface area contributed by atoms with Gasteiger partial charge >= 0.3 is 6.18 Å². The van der Waals surface area contributed by atoms with Gasteiger partial charge < -0.3 is 4.74 Å². The Morgan fingerprint density at radius 2 is 1.75 bits per heavy atom. The first-order chi connectivity index (χ1) is 15.4. The minimum absolute atomic E-state index is 0.0256. The zero-order chi connectivity index (χ0) is 22.3. The SMILES string of the molecule is O=c1c2cc(Cc3ccnc(C(F)(F)F)c3)c3ccccc3c2ncn1C1CCOCC1. The zero-order valence-electron chi connectivity index (χ0n) is 17.1. The van der Waals surface area contributed by atoms with Gasteiger partial charge in [0, 0.05) is 30.8 Å². The molecule has 1 aliphatic rings. The van der Waals surface area contributed by atoms with Gasteiger partial charge in [-0.05, 0) is 54.0 Å². The minimum Gasteiger partial charge on any atom is -0.381 e. The Bertz CT molecular complexity index is 1360. The van der Waals surface area contributed by atoms with Crippen LogP contribution in [0.25, 0.3) is 21.7 Å². The van der Waals surface area contributed by atoms with E-state index in [1.165, 1.54) is 6.20 Å². The van der Waals surface area contributed by atoms with Crippen LogP contribution < -0.4 is 5.56 Å². The lowest BCUT2D eigenvalue weighted by Gasteiger charge is -2.24. The Morgan fingerprint density at radius 1 is 1.00 bits per heavy atom. The second-order valence-corrected chi connectivity index (χ2v) is 8.00. The average molecular weight is 439 g/mol. The maximum Gasteiger partial charge on any atom is 0.433 e. The first-order valence-corrected chi connectivity index (χ1v) is 10.4. The van der Waals surface area contributed by atoms with Gasteiger partial charge in [0.1, 0.15) is 5.69 Å². The van der Waals surface area contributed by atoms with Crippen molar-refractivity contribution >= 4 is 21.7 Å². The highest BCUT2D eigenvalue weighted by molar-refractivity contribution is 6.06. The molecule has 5 rings (SSSR count). The number of hydrogen-bond acceptors (Lipinski definition) is 4. The van der Waals surface area contributed by atoms with Crippen molar-refractivity contribution in [3.8, 4) is 0 Å². The van der Waals surface area contributed by atoms with Gasteiger partial charge in [0.15, 0.2) is 0 Å². The van der Waals surface area contributed by atoms with E-state index in [0.717, 1.165) is 35.2 Å². The van der Waals surface area contributed by atoms with Crippen molar-refractivity contribution in [2.45, 2.75) is 31.5 Å². The minimum atomic E-state index is -4.51. The number of halogens is 3. The summed E-state index contributed by atoms with van der Waals surface area (Å²) in [5.41, 5.74) is 0.785. The quantitative estimate of drug-likeness (QED) is 0.426. The fraction of sp³-hybridized carbons (Fsp3) is 0.292. The average Bonchev–Trinajstić information content (AvgIpc) is 2.80. The fourth-order valence-corrected chi connectivity index (χ4v) is 4.38. The Balaban J connectivity index is 1.66. The van der Waals surface area contributed by atoms with Crippen LogP contribution in [0.15, 0.2) is 59.8 Å². The molecule has 8 heteroatoms. The van der Waals surface area contributed by atoms with Crippen LogP contribution in [0.3, 0.4) is 0 Å². The lowest BCUT2D eigenvalue weighted by atomic mass is 9.96. The molecule has 0 amide bonds. The molecule has 3 heterocycles. The number of ether oxygens (including phenoxy) is 1. The summed E-state index contributed by atoms with van der Waals surface area (Å²) in [5, 5.41) is 2.14. The molecule has 2 aromatic carbocycles. The number of nitrogens with zero attached hydrogens (tertiary/aromatic N) is 3. The number of hydrogen-bond donors (Lipinski definition) is 0. The van der Waals surface area contributed by atoms with Crippen molar-refractivity contribution in [2.24, 2.45) is 0 Å². The molecule has 0 spiro atoms. The molecule has 4 aromatic rings. The molecular formula is C24H20F3N3O2. The summed E-state index contributed by atoms with van der Waals surface area (Å²) in [6.07, 6.45) is -0.0155. The highest BCUT2D eigenvalue weighted by Crippen LogP contribution is 2.31. The van der Waals surface area contributed by atoms with Gasteiger partial charge in [-0.2, -0.15) is 13.2 Å². The molecule has 0 radical (unpaired) electrons. The summed E-state index contributed by atoms with van der Waals surface area (Å²) in [6.45, 7) is 1.20. The molecule has 32 heavy (non-hydrogen) atoms. The number of benzene rings is 2. The molecule has 5 nitrogen and oxygen atoms in total. The van der Waals surface area contributed by atoms with Gasteiger partial charge in [0.05, 0.1) is 17.2 Å². The van der Waals surface area contributed by atoms with Crippen LogP contribution in [0, 0.1) is 0 Å². The van der Waals surface area contributed by atoms with Gasteiger partial charge in [-0.1, -0.05) is 24.3 Å². The first-order valence-electron chi connectivity index (χ1n) is 10.4. The molecule has 0 saturated carbocycles. The van der Waals surface area contributed by atoms with E-state index >= 15 is 0 Å². The van der Waals surface area contributed by atoms with Gasteiger partial charge in [0.25, 0.3) is 5.56 Å². The van der Waals surface area contributed by atoms with E-state index in [2.05, 4.69) is 9.97 Å². The standard InChI is InChI=1S/C24H20F3N3O2/c25-24(26,27)21-12-15(5-8-28-21)11-16-13-20-22(19-4-2-1-3-18(16)19)29-14-30(23(20)31)17-6-9-32-10-7-17/h1-5,8,12-14,17H,6-7,9-11H2. The van der Waals surface area contributed by atoms with E-state index < -0.39 is 11.9 Å². The topological polar surface area (TPSA) is 57.0 Å². The Kier molecular flexibility index (Phi) is 5.17. The van der Waals surface area contributed by atoms with Crippen LogP contribution in [-0.2, 0) is 17.3 Å². The van der Waals surface area contributed by atoms with Crippen molar-refractivity contribution in [3.05, 3.63) is 82.2 Å². The third kappa shape index (κ3) is 3.75. The normalized spacial score (nSPS) is 15.5. The molecule has 0 aliphatic carbocycles. The van der Waals surface area contributed by atoms with Crippen molar-refractivity contribution in [2.75, 3.05) is 13.2 Å². The second kappa shape index (κ2) is 8.02. The number of fused-ring (bicyclic) bond motifs is 3. The Morgan fingerprint density at radius 3 is 2.50 bits per heavy atom. The molecule has 2 aromatic heterocycles. The van der Waals surface area contributed by atoms with Crippen molar-refractivity contribution < 1.29 is 17.9 Å². The molecule has 0 atom stereocenters. The van der Waals surface area contributed by atoms with Crippen LogP contribution in [0.2, 0.25) is 0 Å². The third-order valence-electron chi connectivity index (χ3n) is 5.97. The maximum atomic E-state index is 13.4. The van der Waals surface area contributed by atoms with E-state index in [4.69, 9.17) is 4.74 Å². The van der Waals surface area contributed by atoms with E-state index in [1.54, 1.807) is 23.0 Å². The van der Waals surface area contributed by atoms with E-state index in [0.29, 0.717) is 29.7 Å². The molecular weight excluding hydrogens is 419 g/mol. The second-order valence-electron chi connectivity index (χ2n) is 8.00. The number of pyridine rings is 1. The van der Waals surface area contributed by atoms with E-state index in [9.17, 15) is 18.0 Å². The maximum absolute atomic E-state index is 13.4. The van der Waals surface area contributed by atoms with Gasteiger partial charge in [-0.25, -0.2) is 4.98 Å². The lowest BCUT2D eigenvalue weighted by molar-refractivity contribution is -0.141. The van der Waals surface area contributed by atoms with Crippen LogP contribution in [0.1, 0.15) is 35.7 Å². The van der Waals surface area contributed by atoms with Gasteiger partial charge in [-0.15, -0.1) is 0 Å². The summed E-state index contributed by atoms with van der Waals surface area (Å²) in [4.78, 5) is 21.4. The summed E-state index contributed by atoms with van der Waals surface area (Å²) in [5.74, 6) is 0. The first kappa shape index (κ1) is 20.6. The summed E-state index contributed by atoms with van der Waals surface area (Å²) in [6, 6.07) is 12.0. The molecule has 1 saturated heterocycles. The summed E-state index contributed by atoms with van der Waals surface area (Å²) < 4.78 is 46.4. The van der Waals surface area contributed by atoms with Crippen LogP contribution in [-0.4, -0.2) is 27.7 Å². The molecule has 0 N–H and O–H groups in total. The lowest BCUT2D eigenvalue weighted by Crippen LogP contribution is -2.29. The largest absolute Gasteiger partial charge is 0.433 e. The predicted octanol–water partition coefficient (Wildman–Crippen LogP) is 4.91.